The SMILES string of the molecule is COCCNCc1c([O-])on[n+]1C. The molecular formula is C7H13N3O3. The predicted molar refractivity (Wildman–Crippen MR) is 40.7 cm³/mol. The first kappa shape index (κ1) is 9.94. The summed E-state index contributed by atoms with van der Waals surface area (Å²) in [5.41, 5.74) is 0.510. The van der Waals surface area contributed by atoms with Gasteiger partial charge < -0.3 is 19.7 Å². The number of rotatable bonds is 5. The normalized spacial score (nSPS) is 10.6. The van der Waals surface area contributed by atoms with Crippen molar-refractivity contribution < 1.29 is 19.0 Å². The fourth-order valence-electron chi connectivity index (χ4n) is 0.900. The van der Waals surface area contributed by atoms with E-state index in [1.807, 2.05) is 0 Å². The summed E-state index contributed by atoms with van der Waals surface area (Å²) < 4.78 is 10.7. The second-order valence-corrected chi connectivity index (χ2v) is 2.60. The van der Waals surface area contributed by atoms with Crippen molar-refractivity contribution in [1.82, 2.24) is 10.6 Å². The Kier molecular flexibility index (Phi) is 3.66. The van der Waals surface area contributed by atoms with Crippen molar-refractivity contribution in [3.63, 3.8) is 0 Å². The van der Waals surface area contributed by atoms with Crippen LogP contribution in [0.15, 0.2) is 4.52 Å². The third-order valence-corrected chi connectivity index (χ3v) is 1.65. The van der Waals surface area contributed by atoms with E-state index in [1.165, 1.54) is 4.68 Å². The largest absolute Gasteiger partial charge is 0.539 e. The van der Waals surface area contributed by atoms with Crippen molar-refractivity contribution in [1.29, 1.82) is 0 Å². The molecule has 0 atom stereocenters. The zero-order chi connectivity index (χ0) is 9.68. The molecule has 0 fully saturated rings. The first-order valence-electron chi connectivity index (χ1n) is 3.97. The second-order valence-electron chi connectivity index (χ2n) is 2.60. The summed E-state index contributed by atoms with van der Waals surface area (Å²) in [5.74, 6) is -0.396. The Bertz CT molecular complexity index is 242. The predicted octanol–water partition coefficient (Wildman–Crippen LogP) is -1.69. The van der Waals surface area contributed by atoms with Crippen LogP contribution in [-0.2, 0) is 18.3 Å². The van der Waals surface area contributed by atoms with E-state index in [-0.39, 0.29) is 0 Å². The van der Waals surface area contributed by atoms with Gasteiger partial charge in [-0.25, -0.2) is 0 Å². The van der Waals surface area contributed by atoms with Gasteiger partial charge in [0.05, 0.1) is 18.4 Å². The smallest absolute Gasteiger partial charge is 0.246 e. The average molecular weight is 187 g/mol. The molecule has 1 heterocycles. The van der Waals surface area contributed by atoms with E-state index in [9.17, 15) is 5.11 Å². The molecular weight excluding hydrogens is 174 g/mol. The summed E-state index contributed by atoms with van der Waals surface area (Å²) in [5, 5.41) is 17.5. The molecule has 1 N–H and O–H groups in total. The van der Waals surface area contributed by atoms with Gasteiger partial charge in [0.1, 0.15) is 0 Å². The summed E-state index contributed by atoms with van der Waals surface area (Å²) in [6.45, 7) is 1.76. The van der Waals surface area contributed by atoms with Gasteiger partial charge in [0.15, 0.2) is 13.0 Å². The quantitative estimate of drug-likeness (QED) is 0.439. The summed E-state index contributed by atoms with van der Waals surface area (Å²) in [6, 6.07) is 0. The lowest BCUT2D eigenvalue weighted by molar-refractivity contribution is -0.746. The molecule has 0 aliphatic rings. The van der Waals surface area contributed by atoms with E-state index in [1.54, 1.807) is 14.2 Å². The Morgan fingerprint density at radius 3 is 3.00 bits per heavy atom. The molecule has 6 heteroatoms. The summed E-state index contributed by atoms with van der Waals surface area (Å²) in [6.07, 6.45) is 0. The number of hydrogen-bond donors (Lipinski definition) is 1. The minimum Gasteiger partial charge on any atom is -0.539 e. The first-order valence-corrected chi connectivity index (χ1v) is 3.97. The van der Waals surface area contributed by atoms with Crippen LogP contribution in [0.2, 0.25) is 0 Å². The molecule has 0 amide bonds. The highest BCUT2D eigenvalue weighted by Gasteiger charge is 2.11. The summed E-state index contributed by atoms with van der Waals surface area (Å²) >= 11 is 0. The van der Waals surface area contributed by atoms with Crippen LogP contribution in [0, 0.1) is 0 Å². The van der Waals surface area contributed by atoms with Crippen molar-refractivity contribution in [3.05, 3.63) is 5.69 Å². The number of ether oxygens (including phenoxy) is 1. The lowest BCUT2D eigenvalue weighted by Crippen LogP contribution is -2.37. The molecule has 0 aromatic carbocycles. The second kappa shape index (κ2) is 4.78. The van der Waals surface area contributed by atoms with E-state index in [2.05, 4.69) is 15.1 Å². The number of methoxy groups -OCH3 is 1. The standard InChI is InChI=1S/C7H13N3O3/c1-10-6(7(11)13-9-10)5-8-3-4-12-2/h8H,3-5H2,1-2H3. The molecule has 0 spiro atoms. The Labute approximate surface area is 76.1 Å². The molecule has 13 heavy (non-hydrogen) atoms. The van der Waals surface area contributed by atoms with Crippen molar-refractivity contribution in [2.45, 2.75) is 6.54 Å². The van der Waals surface area contributed by atoms with Crippen molar-refractivity contribution in [2.24, 2.45) is 7.05 Å². The zero-order valence-corrected chi connectivity index (χ0v) is 7.74. The molecule has 0 saturated heterocycles. The molecule has 0 aliphatic carbocycles. The van der Waals surface area contributed by atoms with Gasteiger partial charge in [0.25, 0.3) is 0 Å². The van der Waals surface area contributed by atoms with Gasteiger partial charge in [-0.15, -0.1) is 0 Å². The molecule has 0 unspecified atom stereocenters. The number of aryl methyl sites for hydroxylation is 1. The van der Waals surface area contributed by atoms with Gasteiger partial charge in [-0.05, 0) is 0 Å². The Morgan fingerprint density at radius 1 is 1.69 bits per heavy atom. The minimum atomic E-state index is -0.396. The maximum Gasteiger partial charge on any atom is 0.246 e. The highest BCUT2D eigenvalue weighted by Crippen LogP contribution is 2.04. The van der Waals surface area contributed by atoms with Crippen LogP contribution in [0.5, 0.6) is 5.95 Å². The number of hydrogen-bond acceptors (Lipinski definition) is 5. The van der Waals surface area contributed by atoms with Crippen LogP contribution >= 0.6 is 0 Å². The molecule has 0 aliphatic heterocycles. The fourth-order valence-corrected chi connectivity index (χ4v) is 0.900. The number of aromatic nitrogens is 2. The third kappa shape index (κ3) is 2.67. The van der Waals surface area contributed by atoms with Crippen molar-refractivity contribution in [2.75, 3.05) is 20.3 Å². The van der Waals surface area contributed by atoms with Gasteiger partial charge in [-0.3, -0.25) is 0 Å². The van der Waals surface area contributed by atoms with Crippen LogP contribution < -0.4 is 15.1 Å². The summed E-state index contributed by atoms with van der Waals surface area (Å²) in [4.78, 5) is 0. The van der Waals surface area contributed by atoms with Crippen LogP contribution in [0.1, 0.15) is 5.69 Å². The molecule has 74 valence electrons. The van der Waals surface area contributed by atoms with Gasteiger partial charge >= 0.3 is 0 Å². The third-order valence-electron chi connectivity index (χ3n) is 1.65. The van der Waals surface area contributed by atoms with E-state index in [4.69, 9.17) is 4.74 Å². The van der Waals surface area contributed by atoms with Crippen LogP contribution in [0.4, 0.5) is 0 Å². The van der Waals surface area contributed by atoms with Crippen molar-refractivity contribution in [3.8, 4) is 5.95 Å². The summed E-state index contributed by atoms with van der Waals surface area (Å²) in [7, 11) is 3.29. The van der Waals surface area contributed by atoms with E-state index in [0.717, 1.165) is 0 Å². The lowest BCUT2D eigenvalue weighted by atomic mass is 10.4. The number of nitrogens with zero attached hydrogens (tertiary/aromatic N) is 2. The fraction of sp³-hybridized carbons (Fsp3) is 0.714. The Hall–Kier alpha value is -1.14. The average Bonchev–Trinajstić information content (AvgIpc) is 2.42. The van der Waals surface area contributed by atoms with Crippen LogP contribution in [0.3, 0.4) is 0 Å². The zero-order valence-electron chi connectivity index (χ0n) is 7.74. The van der Waals surface area contributed by atoms with Gasteiger partial charge in [0.2, 0.25) is 5.69 Å². The topological polar surface area (TPSA) is 74.2 Å². The first-order chi connectivity index (χ1) is 6.25. The maximum atomic E-state index is 11.0. The van der Waals surface area contributed by atoms with Gasteiger partial charge in [0, 0.05) is 13.7 Å². The van der Waals surface area contributed by atoms with Crippen molar-refractivity contribution >= 4 is 0 Å². The van der Waals surface area contributed by atoms with E-state index in [0.29, 0.717) is 25.4 Å². The maximum absolute atomic E-state index is 11.0. The minimum absolute atomic E-state index is 0.396. The lowest BCUT2D eigenvalue weighted by Gasteiger charge is -2.00. The van der Waals surface area contributed by atoms with Crippen LogP contribution in [0.25, 0.3) is 0 Å². The molecule has 0 radical (unpaired) electrons. The van der Waals surface area contributed by atoms with Gasteiger partial charge in [-0.2, -0.15) is 0 Å². The Morgan fingerprint density at radius 2 is 2.46 bits per heavy atom. The molecule has 0 saturated carbocycles. The Balaban J connectivity index is 2.36. The highest BCUT2D eigenvalue weighted by molar-refractivity contribution is 5.02. The molecule has 6 nitrogen and oxygen atoms in total. The van der Waals surface area contributed by atoms with E-state index < -0.39 is 5.95 Å². The molecule has 1 aromatic rings. The monoisotopic (exact) mass is 187 g/mol. The van der Waals surface area contributed by atoms with E-state index >= 15 is 0 Å². The highest BCUT2D eigenvalue weighted by atomic mass is 16.6. The molecule has 1 rings (SSSR count). The number of nitrogens with one attached hydrogen (secondary N) is 1. The molecule has 1 aromatic heterocycles. The van der Waals surface area contributed by atoms with Gasteiger partial charge in [-0.1, -0.05) is 4.68 Å². The molecule has 0 bridgehead atoms. The van der Waals surface area contributed by atoms with Crippen LogP contribution in [-0.4, -0.2) is 25.5 Å².